The first kappa shape index (κ1) is 18.3. The van der Waals surface area contributed by atoms with Crippen molar-refractivity contribution in [2.24, 2.45) is 0 Å². The number of hydrogen-bond acceptors (Lipinski definition) is 5. The van der Waals surface area contributed by atoms with E-state index in [4.69, 9.17) is 11.6 Å². The molecule has 26 heavy (non-hydrogen) atoms. The molecule has 6 nitrogen and oxygen atoms in total. The van der Waals surface area contributed by atoms with Crippen molar-refractivity contribution >= 4 is 44.9 Å². The maximum atomic E-state index is 12.4. The summed E-state index contributed by atoms with van der Waals surface area (Å²) in [7, 11) is 0. The largest absolute Gasteiger partial charge is 0.362 e. The Morgan fingerprint density at radius 1 is 1.15 bits per heavy atom. The molecule has 1 amide bonds. The maximum Gasteiger partial charge on any atom is 0.257 e. The van der Waals surface area contributed by atoms with Gasteiger partial charge in [0.2, 0.25) is 0 Å². The van der Waals surface area contributed by atoms with Crippen molar-refractivity contribution in [1.82, 2.24) is 15.0 Å². The molecule has 1 aromatic carbocycles. The highest BCUT2D eigenvalue weighted by Crippen LogP contribution is 2.22. The summed E-state index contributed by atoms with van der Waals surface area (Å²) in [5.74, 6) is 0.358. The molecule has 0 aliphatic rings. The molecule has 2 N–H and O–H groups in total. The van der Waals surface area contributed by atoms with Crippen LogP contribution in [-0.2, 0) is 0 Å². The van der Waals surface area contributed by atoms with Gasteiger partial charge in [-0.15, -0.1) is 0 Å². The molecule has 0 fully saturated rings. The third-order valence-electron chi connectivity index (χ3n) is 3.58. The second kappa shape index (κ2) is 8.25. The van der Waals surface area contributed by atoms with E-state index in [2.05, 4.69) is 41.5 Å². The quantitative estimate of drug-likeness (QED) is 0.610. The fourth-order valence-electron chi connectivity index (χ4n) is 2.34. The number of aromatic nitrogens is 3. The summed E-state index contributed by atoms with van der Waals surface area (Å²) in [6, 6.07) is 9.25. The average molecular weight is 433 g/mol. The summed E-state index contributed by atoms with van der Waals surface area (Å²) in [6.07, 6.45) is 6.23. The zero-order valence-corrected chi connectivity index (χ0v) is 16.1. The van der Waals surface area contributed by atoms with Gasteiger partial charge < -0.3 is 10.6 Å². The summed E-state index contributed by atoms with van der Waals surface area (Å²) >= 11 is 9.17. The Hall–Kier alpha value is -2.51. The van der Waals surface area contributed by atoms with Gasteiger partial charge in [0.1, 0.15) is 11.0 Å². The van der Waals surface area contributed by atoms with Crippen LogP contribution in [0.3, 0.4) is 0 Å². The molecule has 0 bridgehead atoms. The second-order valence-electron chi connectivity index (χ2n) is 5.56. The van der Waals surface area contributed by atoms with E-state index in [1.165, 1.54) is 12.4 Å². The molecule has 0 radical (unpaired) electrons. The molecule has 1 atom stereocenters. The van der Waals surface area contributed by atoms with Crippen LogP contribution in [0.25, 0.3) is 0 Å². The topological polar surface area (TPSA) is 79.8 Å². The molecule has 0 spiro atoms. The lowest BCUT2D eigenvalue weighted by atomic mass is 10.1. The first-order valence-electron chi connectivity index (χ1n) is 7.77. The third-order valence-corrected chi connectivity index (χ3v) is 4.20. The van der Waals surface area contributed by atoms with Crippen LogP contribution in [0.1, 0.15) is 28.9 Å². The van der Waals surface area contributed by atoms with Crippen LogP contribution in [0.4, 0.5) is 11.5 Å². The van der Waals surface area contributed by atoms with E-state index in [1.54, 1.807) is 18.5 Å². The van der Waals surface area contributed by atoms with Crippen molar-refractivity contribution in [2.75, 3.05) is 10.6 Å². The van der Waals surface area contributed by atoms with Gasteiger partial charge in [-0.2, -0.15) is 0 Å². The summed E-state index contributed by atoms with van der Waals surface area (Å²) in [5, 5.41) is 6.43. The van der Waals surface area contributed by atoms with Crippen molar-refractivity contribution < 1.29 is 4.79 Å². The number of carbonyl (C=O) groups is 1. The van der Waals surface area contributed by atoms with Crippen molar-refractivity contribution in [2.45, 2.75) is 13.0 Å². The Balaban J connectivity index is 1.72. The van der Waals surface area contributed by atoms with Crippen LogP contribution in [0.5, 0.6) is 0 Å². The number of anilines is 2. The molecule has 0 saturated heterocycles. The summed E-state index contributed by atoms with van der Waals surface area (Å²) < 4.78 is 0.749. The summed E-state index contributed by atoms with van der Waals surface area (Å²) in [6.45, 7) is 1.99. The number of nitrogens with zero attached hydrogens (tertiary/aromatic N) is 3. The number of amides is 1. The Kier molecular flexibility index (Phi) is 5.80. The molecule has 2 aromatic heterocycles. The molecular weight excluding hydrogens is 418 g/mol. The Morgan fingerprint density at radius 2 is 1.96 bits per heavy atom. The fourth-order valence-corrected chi connectivity index (χ4v) is 2.85. The molecule has 132 valence electrons. The Morgan fingerprint density at radius 3 is 2.73 bits per heavy atom. The zero-order valence-electron chi connectivity index (χ0n) is 13.8. The number of pyridine rings is 1. The molecule has 2 heterocycles. The van der Waals surface area contributed by atoms with Crippen molar-refractivity contribution in [3.8, 4) is 0 Å². The van der Waals surface area contributed by atoms with Gasteiger partial charge in [0.05, 0.1) is 24.0 Å². The van der Waals surface area contributed by atoms with Gasteiger partial charge >= 0.3 is 0 Å². The maximum absolute atomic E-state index is 12.4. The van der Waals surface area contributed by atoms with E-state index in [1.807, 2.05) is 31.2 Å². The Labute approximate surface area is 164 Å². The predicted molar refractivity (Wildman–Crippen MR) is 105 cm³/mol. The van der Waals surface area contributed by atoms with E-state index < -0.39 is 0 Å². The van der Waals surface area contributed by atoms with E-state index in [0.29, 0.717) is 22.2 Å². The normalized spacial score (nSPS) is 11.7. The van der Waals surface area contributed by atoms with Crippen LogP contribution in [0, 0.1) is 0 Å². The monoisotopic (exact) mass is 431 g/mol. The number of nitrogens with one attached hydrogen (secondary N) is 2. The van der Waals surface area contributed by atoms with Crippen LogP contribution >= 0.6 is 27.5 Å². The first-order chi connectivity index (χ1) is 12.5. The van der Waals surface area contributed by atoms with Crippen molar-refractivity contribution in [3.05, 3.63) is 75.9 Å². The van der Waals surface area contributed by atoms with Gasteiger partial charge in [0, 0.05) is 22.6 Å². The smallest absolute Gasteiger partial charge is 0.257 e. The lowest BCUT2D eigenvalue weighted by molar-refractivity contribution is 0.102. The molecule has 0 aliphatic carbocycles. The predicted octanol–water partition coefficient (Wildman–Crippen LogP) is 4.71. The highest BCUT2D eigenvalue weighted by Gasteiger charge is 2.10. The minimum atomic E-state index is -0.225. The van der Waals surface area contributed by atoms with E-state index in [0.717, 1.165) is 10.0 Å². The van der Waals surface area contributed by atoms with Crippen LogP contribution in [0.15, 0.2) is 59.6 Å². The van der Waals surface area contributed by atoms with E-state index in [9.17, 15) is 4.79 Å². The van der Waals surface area contributed by atoms with Gasteiger partial charge in [-0.3, -0.25) is 14.8 Å². The number of benzene rings is 1. The lowest BCUT2D eigenvalue weighted by Crippen LogP contribution is -2.13. The van der Waals surface area contributed by atoms with Crippen LogP contribution in [0.2, 0.25) is 5.15 Å². The van der Waals surface area contributed by atoms with Crippen LogP contribution in [-0.4, -0.2) is 20.9 Å². The van der Waals surface area contributed by atoms with Crippen molar-refractivity contribution in [3.63, 3.8) is 0 Å². The fraction of sp³-hybridized carbons (Fsp3) is 0.111. The van der Waals surface area contributed by atoms with Crippen molar-refractivity contribution in [1.29, 1.82) is 0 Å². The third kappa shape index (κ3) is 4.77. The van der Waals surface area contributed by atoms with Gasteiger partial charge in [0.15, 0.2) is 0 Å². The van der Waals surface area contributed by atoms with Gasteiger partial charge in [0.25, 0.3) is 5.91 Å². The molecule has 1 unspecified atom stereocenters. The first-order valence-corrected chi connectivity index (χ1v) is 8.94. The van der Waals surface area contributed by atoms with Gasteiger partial charge in [-0.1, -0.05) is 23.7 Å². The molecule has 3 aromatic rings. The standard InChI is InChI=1S/C18H15BrClN5O/c1-11(23-17-10-22-9-16(20)25-17)12-3-2-4-15(6-12)24-18(26)13-5-14(19)8-21-7-13/h2-11H,1H3,(H,23,25)(H,24,26). The average Bonchev–Trinajstić information content (AvgIpc) is 2.62. The zero-order chi connectivity index (χ0) is 18.5. The van der Waals surface area contributed by atoms with E-state index >= 15 is 0 Å². The summed E-state index contributed by atoms with van der Waals surface area (Å²) in [4.78, 5) is 24.5. The molecule has 8 heteroatoms. The molecule has 0 saturated carbocycles. The minimum absolute atomic E-state index is 0.0489. The van der Waals surface area contributed by atoms with Gasteiger partial charge in [-0.05, 0) is 46.6 Å². The highest BCUT2D eigenvalue weighted by atomic mass is 79.9. The number of hydrogen-bond donors (Lipinski definition) is 2. The number of rotatable bonds is 5. The Bertz CT molecular complexity index is 937. The highest BCUT2D eigenvalue weighted by molar-refractivity contribution is 9.10. The summed E-state index contributed by atoms with van der Waals surface area (Å²) in [5.41, 5.74) is 2.15. The SMILES string of the molecule is CC(Nc1cncc(Cl)n1)c1cccc(NC(=O)c2cncc(Br)c2)c1. The van der Waals surface area contributed by atoms with Crippen LogP contribution < -0.4 is 10.6 Å². The number of carbonyl (C=O) groups excluding carboxylic acids is 1. The van der Waals surface area contributed by atoms with Gasteiger partial charge in [-0.25, -0.2) is 4.98 Å². The molecule has 0 aliphatic heterocycles. The lowest BCUT2D eigenvalue weighted by Gasteiger charge is -2.16. The number of halogens is 2. The molecule has 3 rings (SSSR count). The second-order valence-corrected chi connectivity index (χ2v) is 6.87. The van der Waals surface area contributed by atoms with E-state index in [-0.39, 0.29) is 11.9 Å². The minimum Gasteiger partial charge on any atom is -0.362 e. The molecular formula is C18H15BrClN5O.